The third kappa shape index (κ3) is 4.30. The lowest BCUT2D eigenvalue weighted by Crippen LogP contribution is -2.27. The van der Waals surface area contributed by atoms with Crippen LogP contribution in [0.5, 0.6) is 0 Å². The summed E-state index contributed by atoms with van der Waals surface area (Å²) in [6.07, 6.45) is 1.71. The Morgan fingerprint density at radius 3 is 2.50 bits per heavy atom. The molecular formula is C18H23F3N2O. The lowest BCUT2D eigenvalue weighted by atomic mass is 9.93. The van der Waals surface area contributed by atoms with Crippen LogP contribution in [-0.2, 0) is 11.0 Å². The van der Waals surface area contributed by atoms with Crippen molar-refractivity contribution in [1.29, 1.82) is 0 Å². The monoisotopic (exact) mass is 340 g/mol. The molecule has 1 unspecified atom stereocenters. The molecule has 1 aliphatic carbocycles. The standard InChI is InChI=1S/C18H23F3N2O/c1-3-23(4-2)16-11-10-14(18(19,20)21)12-15(16)22-17(24)13-8-6-5-7-9-13/h5-6,10-13H,3-4,7-9H2,1-2H3,(H,22,24). The minimum atomic E-state index is -4.44. The van der Waals surface area contributed by atoms with Crippen LogP contribution in [0, 0.1) is 5.92 Å². The number of nitrogens with one attached hydrogen (secondary N) is 1. The van der Waals surface area contributed by atoms with E-state index in [9.17, 15) is 18.0 Å². The number of allylic oxidation sites excluding steroid dienone is 2. The summed E-state index contributed by atoms with van der Waals surface area (Å²) in [4.78, 5) is 14.4. The molecular weight excluding hydrogens is 317 g/mol. The van der Waals surface area contributed by atoms with Crippen LogP contribution in [0.2, 0.25) is 0 Å². The van der Waals surface area contributed by atoms with E-state index in [1.807, 2.05) is 30.9 Å². The zero-order valence-corrected chi connectivity index (χ0v) is 14.0. The smallest absolute Gasteiger partial charge is 0.370 e. The first-order valence-corrected chi connectivity index (χ1v) is 8.28. The van der Waals surface area contributed by atoms with Gasteiger partial charge >= 0.3 is 6.18 Å². The molecule has 0 saturated carbocycles. The molecule has 0 bridgehead atoms. The van der Waals surface area contributed by atoms with Gasteiger partial charge in [0.2, 0.25) is 5.91 Å². The van der Waals surface area contributed by atoms with E-state index in [-0.39, 0.29) is 17.5 Å². The van der Waals surface area contributed by atoms with Crippen molar-refractivity contribution in [2.45, 2.75) is 39.3 Å². The molecule has 6 heteroatoms. The van der Waals surface area contributed by atoms with Gasteiger partial charge in [-0.2, -0.15) is 13.2 Å². The maximum Gasteiger partial charge on any atom is 0.416 e. The normalized spacial score (nSPS) is 17.6. The van der Waals surface area contributed by atoms with Gasteiger partial charge in [-0.15, -0.1) is 0 Å². The van der Waals surface area contributed by atoms with Crippen LogP contribution in [0.25, 0.3) is 0 Å². The van der Waals surface area contributed by atoms with E-state index in [0.717, 1.165) is 25.0 Å². The van der Waals surface area contributed by atoms with Crippen molar-refractivity contribution in [2.75, 3.05) is 23.3 Å². The molecule has 1 aromatic rings. The Bertz CT molecular complexity index is 607. The van der Waals surface area contributed by atoms with E-state index in [1.165, 1.54) is 6.07 Å². The lowest BCUT2D eigenvalue weighted by Gasteiger charge is -2.26. The molecule has 0 aromatic heterocycles. The van der Waals surface area contributed by atoms with Crippen molar-refractivity contribution in [3.8, 4) is 0 Å². The van der Waals surface area contributed by atoms with Crippen LogP contribution in [0.4, 0.5) is 24.5 Å². The van der Waals surface area contributed by atoms with Gasteiger partial charge in [0, 0.05) is 19.0 Å². The highest BCUT2D eigenvalue weighted by molar-refractivity contribution is 5.96. The molecule has 3 nitrogen and oxygen atoms in total. The average Bonchev–Trinajstić information content (AvgIpc) is 2.57. The highest BCUT2D eigenvalue weighted by Crippen LogP contribution is 2.36. The highest BCUT2D eigenvalue weighted by Gasteiger charge is 2.32. The summed E-state index contributed by atoms with van der Waals surface area (Å²) in [7, 11) is 0. The molecule has 1 amide bonds. The molecule has 0 heterocycles. The quantitative estimate of drug-likeness (QED) is 0.778. The van der Waals surface area contributed by atoms with Gasteiger partial charge in [-0.3, -0.25) is 4.79 Å². The number of halogens is 3. The van der Waals surface area contributed by atoms with Crippen molar-refractivity contribution in [3.63, 3.8) is 0 Å². The molecule has 0 aliphatic heterocycles. The Hall–Kier alpha value is -1.98. The number of alkyl halides is 3. The second-order valence-electron chi connectivity index (χ2n) is 5.87. The predicted octanol–water partition coefficient (Wildman–Crippen LogP) is 4.85. The largest absolute Gasteiger partial charge is 0.416 e. The van der Waals surface area contributed by atoms with Crippen molar-refractivity contribution in [3.05, 3.63) is 35.9 Å². The van der Waals surface area contributed by atoms with Crippen molar-refractivity contribution in [2.24, 2.45) is 5.92 Å². The van der Waals surface area contributed by atoms with Gasteiger partial charge < -0.3 is 10.2 Å². The predicted molar refractivity (Wildman–Crippen MR) is 90.1 cm³/mol. The number of amides is 1. The van der Waals surface area contributed by atoms with Gasteiger partial charge in [-0.05, 0) is 51.3 Å². The third-order valence-electron chi connectivity index (χ3n) is 4.33. The summed E-state index contributed by atoms with van der Waals surface area (Å²) in [6.45, 7) is 5.16. The van der Waals surface area contributed by atoms with Crippen molar-refractivity contribution >= 4 is 17.3 Å². The van der Waals surface area contributed by atoms with E-state index < -0.39 is 11.7 Å². The van der Waals surface area contributed by atoms with Crippen LogP contribution in [0.1, 0.15) is 38.7 Å². The van der Waals surface area contributed by atoms with E-state index in [4.69, 9.17) is 0 Å². The van der Waals surface area contributed by atoms with Crippen LogP contribution < -0.4 is 10.2 Å². The van der Waals surface area contributed by atoms with Crippen LogP contribution >= 0.6 is 0 Å². The molecule has 0 fully saturated rings. The molecule has 24 heavy (non-hydrogen) atoms. The zero-order chi connectivity index (χ0) is 17.7. The third-order valence-corrected chi connectivity index (χ3v) is 4.33. The van der Waals surface area contributed by atoms with Gasteiger partial charge in [0.15, 0.2) is 0 Å². The minimum absolute atomic E-state index is 0.186. The first kappa shape index (κ1) is 18.4. The number of anilines is 2. The summed E-state index contributed by atoms with van der Waals surface area (Å²) in [5, 5.41) is 2.73. The summed E-state index contributed by atoms with van der Waals surface area (Å²) < 4.78 is 39.1. The summed E-state index contributed by atoms with van der Waals surface area (Å²) in [6, 6.07) is 3.53. The second-order valence-corrected chi connectivity index (χ2v) is 5.87. The topological polar surface area (TPSA) is 32.3 Å². The van der Waals surface area contributed by atoms with Crippen LogP contribution in [-0.4, -0.2) is 19.0 Å². The van der Waals surface area contributed by atoms with Gasteiger partial charge in [0.05, 0.1) is 16.9 Å². The van der Waals surface area contributed by atoms with Crippen molar-refractivity contribution < 1.29 is 18.0 Å². The Kier molecular flexibility index (Phi) is 5.91. The first-order chi connectivity index (χ1) is 11.4. The number of hydrogen-bond acceptors (Lipinski definition) is 2. The van der Waals surface area contributed by atoms with E-state index in [0.29, 0.717) is 25.2 Å². The van der Waals surface area contributed by atoms with Gasteiger partial charge in [-0.25, -0.2) is 0 Å². The molecule has 1 N–H and O–H groups in total. The Labute approximate surface area is 140 Å². The lowest BCUT2D eigenvalue weighted by molar-refractivity contribution is -0.137. The Balaban J connectivity index is 2.32. The molecule has 0 radical (unpaired) electrons. The van der Waals surface area contributed by atoms with E-state index in [2.05, 4.69) is 5.32 Å². The number of nitrogens with zero attached hydrogens (tertiary/aromatic N) is 1. The maximum atomic E-state index is 13.0. The fraction of sp³-hybridized carbons (Fsp3) is 0.500. The number of carbonyl (C=O) groups is 1. The average molecular weight is 340 g/mol. The van der Waals surface area contributed by atoms with E-state index >= 15 is 0 Å². The zero-order valence-electron chi connectivity index (χ0n) is 14.0. The Morgan fingerprint density at radius 1 is 1.25 bits per heavy atom. The fourth-order valence-electron chi connectivity index (χ4n) is 2.92. The van der Waals surface area contributed by atoms with Crippen LogP contribution in [0.3, 0.4) is 0 Å². The number of carbonyl (C=O) groups excluding carboxylic acids is 1. The molecule has 1 aliphatic rings. The molecule has 1 aromatic carbocycles. The summed E-state index contributed by atoms with van der Waals surface area (Å²) in [5.74, 6) is -0.402. The van der Waals surface area contributed by atoms with E-state index in [1.54, 1.807) is 0 Å². The maximum absolute atomic E-state index is 13.0. The highest BCUT2D eigenvalue weighted by atomic mass is 19.4. The SMILES string of the molecule is CCN(CC)c1ccc(C(F)(F)F)cc1NC(=O)C1CC=CCC1. The fourth-order valence-corrected chi connectivity index (χ4v) is 2.92. The van der Waals surface area contributed by atoms with Gasteiger partial charge in [0.25, 0.3) is 0 Å². The Morgan fingerprint density at radius 2 is 1.96 bits per heavy atom. The second kappa shape index (κ2) is 7.73. The molecule has 0 saturated heterocycles. The summed E-state index contributed by atoms with van der Waals surface area (Å²) >= 11 is 0. The van der Waals surface area contributed by atoms with Gasteiger partial charge in [-0.1, -0.05) is 12.2 Å². The first-order valence-electron chi connectivity index (χ1n) is 8.28. The molecule has 0 spiro atoms. The molecule has 2 rings (SSSR count). The number of hydrogen-bond donors (Lipinski definition) is 1. The number of rotatable bonds is 5. The molecule has 1 atom stereocenters. The minimum Gasteiger partial charge on any atom is -0.370 e. The van der Waals surface area contributed by atoms with Gasteiger partial charge in [0.1, 0.15) is 0 Å². The molecule has 132 valence electrons. The number of benzene rings is 1. The summed E-state index contributed by atoms with van der Waals surface area (Å²) in [5.41, 5.74) is 0.0954. The van der Waals surface area contributed by atoms with Crippen molar-refractivity contribution in [1.82, 2.24) is 0 Å². The van der Waals surface area contributed by atoms with Crippen LogP contribution in [0.15, 0.2) is 30.4 Å².